The van der Waals surface area contributed by atoms with Gasteiger partial charge in [-0.25, -0.2) is 4.79 Å². The molecule has 0 radical (unpaired) electrons. The Morgan fingerprint density at radius 2 is 2.32 bits per heavy atom. The van der Waals surface area contributed by atoms with Crippen molar-refractivity contribution in [2.45, 2.75) is 0 Å². The van der Waals surface area contributed by atoms with E-state index in [1.54, 1.807) is 6.07 Å². The summed E-state index contributed by atoms with van der Waals surface area (Å²) in [6.07, 6.45) is 0. The second-order valence-corrected chi connectivity index (χ2v) is 3.69. The molecule has 19 heavy (non-hydrogen) atoms. The molecule has 0 saturated heterocycles. The maximum absolute atomic E-state index is 11.3. The third kappa shape index (κ3) is 3.69. The number of esters is 1. The second kappa shape index (κ2) is 6.37. The molecular formula is C11H10ClN5O2. The minimum Gasteiger partial charge on any atom is -0.465 e. The zero-order chi connectivity index (χ0) is 14.4. The number of hydrogen-bond donors (Lipinski definition) is 3. The van der Waals surface area contributed by atoms with Crippen LogP contribution in [0.5, 0.6) is 0 Å². The largest absolute Gasteiger partial charge is 0.465 e. The van der Waals surface area contributed by atoms with Crippen molar-refractivity contribution in [2.75, 3.05) is 12.5 Å². The summed E-state index contributed by atoms with van der Waals surface area (Å²) in [6.45, 7) is 0. The van der Waals surface area contributed by atoms with E-state index in [-0.39, 0.29) is 16.3 Å². The summed E-state index contributed by atoms with van der Waals surface area (Å²) in [6, 6.07) is 6.02. The van der Waals surface area contributed by atoms with E-state index in [0.717, 1.165) is 0 Å². The average molecular weight is 280 g/mol. The highest BCUT2D eigenvalue weighted by Crippen LogP contribution is 2.23. The fourth-order valence-corrected chi connectivity index (χ4v) is 1.28. The number of hydrazone groups is 1. The summed E-state index contributed by atoms with van der Waals surface area (Å²) in [4.78, 5) is 11.3. The summed E-state index contributed by atoms with van der Waals surface area (Å²) >= 11 is 5.90. The van der Waals surface area contributed by atoms with E-state index in [9.17, 15) is 4.79 Å². The number of rotatable bonds is 4. The Hall–Kier alpha value is -2.59. The van der Waals surface area contributed by atoms with Gasteiger partial charge < -0.3 is 10.5 Å². The number of benzene rings is 1. The number of methoxy groups -OCH3 is 1. The normalized spacial score (nSPS) is 10.5. The van der Waals surface area contributed by atoms with Gasteiger partial charge in [-0.2, -0.15) is 10.4 Å². The molecule has 8 heteroatoms. The number of nitrogens with one attached hydrogen (secondary N) is 2. The molecule has 0 spiro atoms. The van der Waals surface area contributed by atoms with Crippen LogP contribution >= 0.6 is 11.6 Å². The van der Waals surface area contributed by atoms with Crippen molar-refractivity contribution in [3.8, 4) is 6.07 Å². The van der Waals surface area contributed by atoms with Gasteiger partial charge in [0.25, 0.3) is 0 Å². The van der Waals surface area contributed by atoms with E-state index in [0.29, 0.717) is 5.69 Å². The Morgan fingerprint density at radius 3 is 2.84 bits per heavy atom. The lowest BCUT2D eigenvalue weighted by Gasteiger charge is -2.06. The maximum Gasteiger partial charge on any atom is 0.337 e. The number of nitriles is 1. The van der Waals surface area contributed by atoms with Crippen LogP contribution in [0.3, 0.4) is 0 Å². The van der Waals surface area contributed by atoms with Crippen LogP contribution < -0.4 is 11.2 Å². The smallest absolute Gasteiger partial charge is 0.337 e. The molecule has 0 heterocycles. The highest BCUT2D eigenvalue weighted by atomic mass is 35.5. The van der Waals surface area contributed by atoms with Crippen LogP contribution in [-0.4, -0.2) is 24.6 Å². The third-order valence-corrected chi connectivity index (χ3v) is 2.37. The van der Waals surface area contributed by atoms with Gasteiger partial charge in [0.05, 0.1) is 23.4 Å². The Kier molecular flexibility index (Phi) is 4.85. The number of halogens is 1. The number of amidine groups is 1. The molecule has 4 N–H and O–H groups in total. The van der Waals surface area contributed by atoms with Gasteiger partial charge in [0, 0.05) is 0 Å². The topological polar surface area (TPSA) is 124 Å². The highest BCUT2D eigenvalue weighted by molar-refractivity contribution is 6.46. The van der Waals surface area contributed by atoms with Crippen LogP contribution in [0.1, 0.15) is 10.4 Å². The summed E-state index contributed by atoms with van der Waals surface area (Å²) in [5, 5.41) is 19.7. The monoisotopic (exact) mass is 279 g/mol. The predicted octanol–water partition coefficient (Wildman–Crippen LogP) is 1.35. The van der Waals surface area contributed by atoms with Crippen LogP contribution in [0.25, 0.3) is 0 Å². The number of carbonyl (C=O) groups excluding carboxylic acids is 1. The number of hydrogen-bond acceptors (Lipinski definition) is 6. The summed E-state index contributed by atoms with van der Waals surface area (Å²) in [7, 11) is 1.26. The van der Waals surface area contributed by atoms with Crippen LogP contribution in [0, 0.1) is 16.7 Å². The zero-order valence-corrected chi connectivity index (χ0v) is 10.7. The fraction of sp³-hybridized carbons (Fsp3) is 0.0909. The third-order valence-electron chi connectivity index (χ3n) is 2.04. The Bertz CT molecular complexity index is 591. The van der Waals surface area contributed by atoms with Gasteiger partial charge in [0.2, 0.25) is 5.71 Å². The van der Waals surface area contributed by atoms with Gasteiger partial charge in [0.1, 0.15) is 6.07 Å². The molecule has 0 fully saturated rings. The van der Waals surface area contributed by atoms with Crippen molar-refractivity contribution in [3.05, 3.63) is 28.8 Å². The molecule has 1 rings (SSSR count). The first-order valence-electron chi connectivity index (χ1n) is 4.95. The standard InChI is InChI=1S/C11H10ClN5O2/c1-19-11(18)6-2-3-7(12)8(4-6)16-17-9(5-13)10(14)15/h2-4,16H,1H3,(H3,14,15)/b17-9+. The molecule has 1 aromatic rings. The number of nitrogens with zero attached hydrogens (tertiary/aromatic N) is 2. The minimum atomic E-state index is -0.532. The lowest BCUT2D eigenvalue weighted by atomic mass is 10.2. The lowest BCUT2D eigenvalue weighted by molar-refractivity contribution is 0.0601. The van der Waals surface area contributed by atoms with E-state index >= 15 is 0 Å². The molecule has 0 aliphatic rings. The Labute approximate surface area is 114 Å². The van der Waals surface area contributed by atoms with Crippen molar-refractivity contribution < 1.29 is 9.53 Å². The second-order valence-electron chi connectivity index (χ2n) is 3.28. The first-order chi connectivity index (χ1) is 8.99. The molecule has 7 nitrogen and oxygen atoms in total. The molecule has 98 valence electrons. The Morgan fingerprint density at radius 1 is 1.63 bits per heavy atom. The quantitative estimate of drug-likeness (QED) is 0.332. The molecular weight excluding hydrogens is 270 g/mol. The van der Waals surface area contributed by atoms with Crippen molar-refractivity contribution in [1.82, 2.24) is 0 Å². The van der Waals surface area contributed by atoms with E-state index in [1.165, 1.54) is 25.3 Å². The van der Waals surface area contributed by atoms with Crippen LogP contribution in [0.2, 0.25) is 5.02 Å². The molecule has 0 atom stereocenters. The van der Waals surface area contributed by atoms with E-state index < -0.39 is 11.8 Å². The van der Waals surface area contributed by atoms with Gasteiger partial charge >= 0.3 is 5.97 Å². The Balaban J connectivity index is 3.05. The molecule has 0 aromatic heterocycles. The van der Waals surface area contributed by atoms with Crippen molar-refractivity contribution in [2.24, 2.45) is 10.8 Å². The number of anilines is 1. The van der Waals surface area contributed by atoms with Gasteiger partial charge in [-0.3, -0.25) is 10.8 Å². The summed E-state index contributed by atoms with van der Waals surface area (Å²) in [5.41, 5.74) is 7.87. The first kappa shape index (κ1) is 14.5. The minimum absolute atomic E-state index is 0.269. The molecule has 1 aromatic carbocycles. The van der Waals surface area contributed by atoms with Crippen LogP contribution in [0.4, 0.5) is 5.69 Å². The predicted molar refractivity (Wildman–Crippen MR) is 71.4 cm³/mol. The van der Waals surface area contributed by atoms with E-state index in [4.69, 9.17) is 28.0 Å². The fourth-order valence-electron chi connectivity index (χ4n) is 1.12. The van der Waals surface area contributed by atoms with Crippen molar-refractivity contribution >= 4 is 34.8 Å². The molecule has 0 saturated carbocycles. The van der Waals surface area contributed by atoms with Crippen molar-refractivity contribution in [3.63, 3.8) is 0 Å². The van der Waals surface area contributed by atoms with Gasteiger partial charge in [-0.15, -0.1) is 0 Å². The van der Waals surface area contributed by atoms with Crippen LogP contribution in [0.15, 0.2) is 23.3 Å². The van der Waals surface area contributed by atoms with Gasteiger partial charge in [0.15, 0.2) is 5.84 Å². The summed E-state index contributed by atoms with van der Waals surface area (Å²) < 4.78 is 4.56. The SMILES string of the molecule is COC(=O)c1ccc(Cl)c(N/N=C(\C#N)C(=N)N)c1. The first-order valence-corrected chi connectivity index (χ1v) is 5.33. The molecule has 0 unspecified atom stereocenters. The number of carbonyl (C=O) groups is 1. The van der Waals surface area contributed by atoms with Crippen molar-refractivity contribution in [1.29, 1.82) is 10.7 Å². The molecule has 0 aliphatic heterocycles. The molecule has 0 bridgehead atoms. The van der Waals surface area contributed by atoms with Crippen LogP contribution in [-0.2, 0) is 4.74 Å². The highest BCUT2D eigenvalue weighted by Gasteiger charge is 2.09. The van der Waals surface area contributed by atoms with Gasteiger partial charge in [-0.1, -0.05) is 11.6 Å². The molecule has 0 amide bonds. The maximum atomic E-state index is 11.3. The van der Waals surface area contributed by atoms with E-state index in [2.05, 4.69) is 15.3 Å². The average Bonchev–Trinajstić information content (AvgIpc) is 2.40. The number of nitrogens with two attached hydrogens (primary N) is 1. The van der Waals surface area contributed by atoms with Gasteiger partial charge in [-0.05, 0) is 18.2 Å². The van der Waals surface area contributed by atoms with E-state index in [1.807, 2.05) is 0 Å². The number of ether oxygens (including phenoxy) is 1. The lowest BCUT2D eigenvalue weighted by Crippen LogP contribution is -2.21. The summed E-state index contributed by atoms with van der Waals surface area (Å²) in [5.74, 6) is -1.01. The molecule has 0 aliphatic carbocycles. The zero-order valence-electron chi connectivity index (χ0n) is 9.90.